The maximum Gasteiger partial charge on any atom is 0.272 e. The normalized spacial score (nSPS) is 10.2. The van der Waals surface area contributed by atoms with Crippen LogP contribution >= 0.6 is 12.2 Å². The molecule has 0 bridgehead atoms. The fourth-order valence-corrected chi connectivity index (χ4v) is 2.30. The van der Waals surface area contributed by atoms with Crippen molar-refractivity contribution in [2.75, 3.05) is 0 Å². The van der Waals surface area contributed by atoms with Crippen LogP contribution in [0.1, 0.15) is 15.9 Å². The van der Waals surface area contributed by atoms with E-state index >= 15 is 0 Å². The smallest absolute Gasteiger partial charge is 0.272 e. The number of carbonyl (C=O) groups is 1. The SMILES string of the molecule is O=C(NNC(=S)NCc1ccc(F)cc1)c1cnn(-c2ccccc2)c1. The van der Waals surface area contributed by atoms with Crippen LogP contribution in [0.3, 0.4) is 0 Å². The number of rotatable bonds is 4. The van der Waals surface area contributed by atoms with Crippen molar-refractivity contribution in [3.63, 3.8) is 0 Å². The molecular formula is C18H16FN5OS. The Morgan fingerprint density at radius 3 is 2.54 bits per heavy atom. The molecule has 0 atom stereocenters. The lowest BCUT2D eigenvalue weighted by molar-refractivity contribution is 0.0943. The third-order valence-corrected chi connectivity index (χ3v) is 3.77. The molecule has 0 spiro atoms. The predicted molar refractivity (Wildman–Crippen MR) is 100 cm³/mol. The molecular weight excluding hydrogens is 353 g/mol. The van der Waals surface area contributed by atoms with E-state index in [9.17, 15) is 9.18 Å². The Balaban J connectivity index is 1.48. The minimum Gasteiger partial charge on any atom is -0.357 e. The van der Waals surface area contributed by atoms with Crippen LogP contribution in [0.4, 0.5) is 4.39 Å². The molecule has 1 heterocycles. The summed E-state index contributed by atoms with van der Waals surface area (Å²) in [6, 6.07) is 15.5. The molecule has 26 heavy (non-hydrogen) atoms. The molecule has 1 aromatic heterocycles. The lowest BCUT2D eigenvalue weighted by Gasteiger charge is -2.11. The van der Waals surface area contributed by atoms with Crippen molar-refractivity contribution in [1.82, 2.24) is 25.9 Å². The second kappa shape index (κ2) is 8.21. The molecule has 0 fully saturated rings. The number of carbonyl (C=O) groups excluding carboxylic acids is 1. The van der Waals surface area contributed by atoms with Gasteiger partial charge in [0.1, 0.15) is 5.82 Å². The van der Waals surface area contributed by atoms with Gasteiger partial charge in [-0.05, 0) is 42.0 Å². The van der Waals surface area contributed by atoms with E-state index in [1.165, 1.54) is 18.3 Å². The van der Waals surface area contributed by atoms with Crippen LogP contribution in [0.15, 0.2) is 67.0 Å². The topological polar surface area (TPSA) is 71.0 Å². The van der Waals surface area contributed by atoms with E-state index in [0.717, 1.165) is 11.3 Å². The van der Waals surface area contributed by atoms with Gasteiger partial charge in [-0.3, -0.25) is 15.6 Å². The van der Waals surface area contributed by atoms with E-state index in [2.05, 4.69) is 21.3 Å². The maximum absolute atomic E-state index is 12.9. The van der Waals surface area contributed by atoms with Crippen LogP contribution in [0.25, 0.3) is 5.69 Å². The summed E-state index contributed by atoms with van der Waals surface area (Å²) in [6.07, 6.45) is 3.10. The zero-order valence-electron chi connectivity index (χ0n) is 13.6. The van der Waals surface area contributed by atoms with Gasteiger partial charge in [-0.2, -0.15) is 5.10 Å². The number of para-hydroxylation sites is 1. The van der Waals surface area contributed by atoms with Crippen LogP contribution in [0.5, 0.6) is 0 Å². The molecule has 0 saturated carbocycles. The second-order valence-electron chi connectivity index (χ2n) is 5.40. The maximum atomic E-state index is 12.9. The van der Waals surface area contributed by atoms with Gasteiger partial charge in [-0.1, -0.05) is 30.3 Å². The molecule has 1 amide bonds. The first-order valence-electron chi connectivity index (χ1n) is 7.80. The number of halogens is 1. The van der Waals surface area contributed by atoms with Gasteiger partial charge < -0.3 is 5.32 Å². The zero-order valence-corrected chi connectivity index (χ0v) is 14.5. The van der Waals surface area contributed by atoms with Crippen molar-refractivity contribution in [3.05, 3.63) is 83.9 Å². The molecule has 3 aromatic rings. The first kappa shape index (κ1) is 17.6. The van der Waals surface area contributed by atoms with Gasteiger partial charge in [0.15, 0.2) is 5.11 Å². The van der Waals surface area contributed by atoms with E-state index in [4.69, 9.17) is 12.2 Å². The molecule has 2 aromatic carbocycles. The van der Waals surface area contributed by atoms with E-state index in [1.54, 1.807) is 23.0 Å². The Bertz CT molecular complexity index is 895. The van der Waals surface area contributed by atoms with E-state index < -0.39 is 0 Å². The van der Waals surface area contributed by atoms with Crippen molar-refractivity contribution in [2.24, 2.45) is 0 Å². The molecule has 6 nitrogen and oxygen atoms in total. The predicted octanol–water partition coefficient (Wildman–Crippen LogP) is 2.32. The molecule has 3 N–H and O–H groups in total. The number of aromatic nitrogens is 2. The number of nitrogens with zero attached hydrogens (tertiary/aromatic N) is 2. The standard InChI is InChI=1S/C18H16FN5OS/c19-15-8-6-13(7-9-15)10-20-18(26)23-22-17(25)14-11-21-24(12-14)16-4-2-1-3-5-16/h1-9,11-12H,10H2,(H,22,25)(H2,20,23,26). The summed E-state index contributed by atoms with van der Waals surface area (Å²) in [4.78, 5) is 12.1. The molecule has 0 saturated heterocycles. The molecule has 0 aliphatic heterocycles. The Morgan fingerprint density at radius 1 is 1.08 bits per heavy atom. The molecule has 0 unspecified atom stereocenters. The number of thiocarbonyl (C=S) groups is 1. The van der Waals surface area contributed by atoms with E-state index in [1.807, 2.05) is 30.3 Å². The third-order valence-electron chi connectivity index (χ3n) is 3.52. The fraction of sp³-hybridized carbons (Fsp3) is 0.0556. The van der Waals surface area contributed by atoms with Crippen molar-refractivity contribution in [1.29, 1.82) is 0 Å². The fourth-order valence-electron chi connectivity index (χ4n) is 2.18. The number of hydrogen-bond acceptors (Lipinski definition) is 3. The number of benzene rings is 2. The minimum atomic E-state index is -0.363. The van der Waals surface area contributed by atoms with Crippen molar-refractivity contribution in [3.8, 4) is 5.69 Å². The minimum absolute atomic E-state index is 0.248. The molecule has 0 radical (unpaired) electrons. The van der Waals surface area contributed by atoms with Crippen molar-refractivity contribution < 1.29 is 9.18 Å². The van der Waals surface area contributed by atoms with Crippen LogP contribution in [0.2, 0.25) is 0 Å². The number of hydrogen-bond donors (Lipinski definition) is 3. The van der Waals surface area contributed by atoms with E-state index in [0.29, 0.717) is 12.1 Å². The quantitative estimate of drug-likeness (QED) is 0.486. The summed E-state index contributed by atoms with van der Waals surface area (Å²) in [5, 5.41) is 7.33. The van der Waals surface area contributed by atoms with Crippen LogP contribution in [0, 0.1) is 5.82 Å². The number of hydrazine groups is 1. The summed E-state index contributed by atoms with van der Waals surface area (Å²) in [5.74, 6) is -0.657. The monoisotopic (exact) mass is 369 g/mol. The molecule has 0 aliphatic carbocycles. The number of amides is 1. The molecule has 3 rings (SSSR count). The van der Waals surface area contributed by atoms with Gasteiger partial charge in [0.2, 0.25) is 0 Å². The molecule has 132 valence electrons. The van der Waals surface area contributed by atoms with Crippen LogP contribution in [-0.4, -0.2) is 20.8 Å². The second-order valence-corrected chi connectivity index (χ2v) is 5.81. The van der Waals surface area contributed by atoms with Gasteiger partial charge in [-0.15, -0.1) is 0 Å². The summed E-state index contributed by atoms with van der Waals surface area (Å²) in [6.45, 7) is 0.411. The van der Waals surface area contributed by atoms with Crippen molar-refractivity contribution in [2.45, 2.75) is 6.54 Å². The largest absolute Gasteiger partial charge is 0.357 e. The molecule has 8 heteroatoms. The Labute approximate surface area is 155 Å². The van der Waals surface area contributed by atoms with Crippen LogP contribution in [-0.2, 0) is 6.54 Å². The highest BCUT2D eigenvalue weighted by Crippen LogP contribution is 2.07. The molecule has 0 aliphatic rings. The highest BCUT2D eigenvalue weighted by Gasteiger charge is 2.09. The summed E-state index contributed by atoms with van der Waals surface area (Å²) in [7, 11) is 0. The van der Waals surface area contributed by atoms with Gasteiger partial charge in [-0.25, -0.2) is 9.07 Å². The Kier molecular flexibility index (Phi) is 5.55. The van der Waals surface area contributed by atoms with Gasteiger partial charge >= 0.3 is 0 Å². The van der Waals surface area contributed by atoms with Gasteiger partial charge in [0.25, 0.3) is 5.91 Å². The highest BCUT2D eigenvalue weighted by atomic mass is 32.1. The lowest BCUT2D eigenvalue weighted by atomic mass is 10.2. The average Bonchev–Trinajstić information content (AvgIpc) is 3.17. The van der Waals surface area contributed by atoms with Gasteiger partial charge in [0, 0.05) is 12.7 Å². The summed E-state index contributed by atoms with van der Waals surface area (Å²) >= 11 is 5.10. The number of nitrogens with one attached hydrogen (secondary N) is 3. The lowest BCUT2D eigenvalue weighted by Crippen LogP contribution is -2.46. The Hall–Kier alpha value is -3.26. The highest BCUT2D eigenvalue weighted by molar-refractivity contribution is 7.80. The van der Waals surface area contributed by atoms with Gasteiger partial charge in [0.05, 0.1) is 17.4 Å². The first-order valence-corrected chi connectivity index (χ1v) is 8.21. The average molecular weight is 369 g/mol. The third kappa shape index (κ3) is 4.64. The summed E-state index contributed by atoms with van der Waals surface area (Å²) in [5.41, 5.74) is 7.24. The van der Waals surface area contributed by atoms with Crippen LogP contribution < -0.4 is 16.2 Å². The van der Waals surface area contributed by atoms with Crippen molar-refractivity contribution >= 4 is 23.2 Å². The van der Waals surface area contributed by atoms with E-state index in [-0.39, 0.29) is 16.8 Å². The zero-order chi connectivity index (χ0) is 18.4. The Morgan fingerprint density at radius 2 is 1.81 bits per heavy atom. The summed E-state index contributed by atoms with van der Waals surface area (Å²) < 4.78 is 14.5. The first-order chi connectivity index (χ1) is 12.6.